The molecular formula is C21H22N6O2. The van der Waals surface area contributed by atoms with Gasteiger partial charge in [0, 0.05) is 54.6 Å². The second kappa shape index (κ2) is 8.66. The number of allylic oxidation sites excluding steroid dienone is 1. The lowest BCUT2D eigenvalue weighted by atomic mass is 10.1. The Morgan fingerprint density at radius 2 is 2.00 bits per heavy atom. The molecule has 148 valence electrons. The molecule has 8 heteroatoms. The van der Waals surface area contributed by atoms with E-state index in [1.54, 1.807) is 6.20 Å². The van der Waals surface area contributed by atoms with Crippen LogP contribution in [0.1, 0.15) is 18.4 Å². The SMILES string of the molecule is N=C/C(=C\NC1CCOCC1)c1cnc(N)c(-c2noc(-c3ccccc3)n2)c1. The minimum Gasteiger partial charge on any atom is -0.387 e. The molecule has 8 nitrogen and oxygen atoms in total. The molecule has 0 spiro atoms. The molecule has 0 atom stereocenters. The summed E-state index contributed by atoms with van der Waals surface area (Å²) in [5.74, 6) is 1.07. The Hall–Kier alpha value is -3.52. The Kier molecular flexibility index (Phi) is 5.62. The van der Waals surface area contributed by atoms with E-state index in [0.29, 0.717) is 34.7 Å². The van der Waals surface area contributed by atoms with E-state index in [2.05, 4.69) is 20.4 Å². The summed E-state index contributed by atoms with van der Waals surface area (Å²) in [7, 11) is 0. The van der Waals surface area contributed by atoms with Crippen molar-refractivity contribution in [3.63, 3.8) is 0 Å². The molecule has 29 heavy (non-hydrogen) atoms. The molecule has 2 aromatic heterocycles. The quantitative estimate of drug-likeness (QED) is 0.553. The number of hydrogen-bond donors (Lipinski definition) is 3. The molecule has 0 saturated carbocycles. The third-order valence-electron chi connectivity index (χ3n) is 4.79. The zero-order chi connectivity index (χ0) is 20.1. The molecule has 1 fully saturated rings. The molecule has 0 aliphatic carbocycles. The van der Waals surface area contributed by atoms with Crippen LogP contribution >= 0.6 is 0 Å². The molecule has 3 aromatic rings. The number of benzene rings is 1. The molecule has 4 N–H and O–H groups in total. The van der Waals surface area contributed by atoms with Crippen LogP contribution in [0.2, 0.25) is 0 Å². The Morgan fingerprint density at radius 1 is 1.21 bits per heavy atom. The van der Waals surface area contributed by atoms with E-state index in [9.17, 15) is 0 Å². The normalized spacial score (nSPS) is 15.2. The molecule has 4 rings (SSSR count). The predicted molar refractivity (Wildman–Crippen MR) is 111 cm³/mol. The molecule has 0 bridgehead atoms. The van der Waals surface area contributed by atoms with E-state index in [1.807, 2.05) is 42.6 Å². The van der Waals surface area contributed by atoms with Gasteiger partial charge in [0.05, 0.1) is 5.56 Å². The van der Waals surface area contributed by atoms with E-state index in [0.717, 1.165) is 37.2 Å². The third kappa shape index (κ3) is 4.33. The number of nitrogen functional groups attached to an aromatic ring is 1. The molecule has 0 amide bonds. The van der Waals surface area contributed by atoms with Crippen molar-refractivity contribution in [2.24, 2.45) is 0 Å². The first-order valence-corrected chi connectivity index (χ1v) is 9.44. The summed E-state index contributed by atoms with van der Waals surface area (Å²) in [6.45, 7) is 1.50. The number of rotatable bonds is 6. The second-order valence-corrected chi connectivity index (χ2v) is 6.74. The highest BCUT2D eigenvalue weighted by Gasteiger charge is 2.16. The van der Waals surface area contributed by atoms with Crippen molar-refractivity contribution >= 4 is 17.6 Å². The van der Waals surface area contributed by atoms with Crippen LogP contribution in [0, 0.1) is 5.41 Å². The topological polar surface area (TPSA) is 123 Å². The summed E-state index contributed by atoms with van der Waals surface area (Å²) < 4.78 is 10.8. The van der Waals surface area contributed by atoms with Gasteiger partial charge in [0.1, 0.15) is 5.82 Å². The fraction of sp³-hybridized carbons (Fsp3) is 0.238. The first kappa shape index (κ1) is 18.8. The minimum atomic E-state index is 0.302. The number of hydrogen-bond acceptors (Lipinski definition) is 8. The standard InChI is InChI=1S/C21H22N6O2/c22-11-16(13-24-17-6-8-28-9-7-17)15-10-18(19(23)25-12-15)20-26-21(29-27-20)14-4-2-1-3-5-14/h1-5,10-13,17,22,24H,6-9H2,(H2,23,25)/b16-13+,22-11?. The van der Waals surface area contributed by atoms with Gasteiger partial charge in [-0.15, -0.1) is 0 Å². The average molecular weight is 390 g/mol. The largest absolute Gasteiger partial charge is 0.387 e. The molecule has 1 aliphatic heterocycles. The van der Waals surface area contributed by atoms with Crippen LogP contribution in [0.15, 0.2) is 53.3 Å². The monoisotopic (exact) mass is 390 g/mol. The van der Waals surface area contributed by atoms with Crippen LogP contribution in [-0.4, -0.2) is 40.6 Å². The van der Waals surface area contributed by atoms with Crippen molar-refractivity contribution in [3.8, 4) is 22.8 Å². The predicted octanol–water partition coefficient (Wildman–Crippen LogP) is 3.14. The number of nitrogens with zero attached hydrogens (tertiary/aromatic N) is 3. The first-order valence-electron chi connectivity index (χ1n) is 9.44. The Bertz CT molecular complexity index is 1010. The van der Waals surface area contributed by atoms with E-state index in [1.165, 1.54) is 6.21 Å². The van der Waals surface area contributed by atoms with Crippen molar-refractivity contribution in [2.75, 3.05) is 18.9 Å². The first-order chi connectivity index (χ1) is 14.2. The number of anilines is 1. The minimum absolute atomic E-state index is 0.302. The van der Waals surface area contributed by atoms with Crippen molar-refractivity contribution in [3.05, 3.63) is 54.4 Å². The highest BCUT2D eigenvalue weighted by molar-refractivity contribution is 6.08. The van der Waals surface area contributed by atoms with Gasteiger partial charge in [-0.2, -0.15) is 4.98 Å². The van der Waals surface area contributed by atoms with Gasteiger partial charge in [-0.1, -0.05) is 23.4 Å². The lowest BCUT2D eigenvalue weighted by Gasteiger charge is -2.22. The van der Waals surface area contributed by atoms with E-state index in [-0.39, 0.29) is 0 Å². The fourth-order valence-electron chi connectivity index (χ4n) is 3.12. The van der Waals surface area contributed by atoms with Gasteiger partial charge in [-0.05, 0) is 31.0 Å². The Morgan fingerprint density at radius 3 is 2.76 bits per heavy atom. The van der Waals surface area contributed by atoms with Gasteiger partial charge in [0.15, 0.2) is 0 Å². The van der Waals surface area contributed by atoms with Crippen LogP contribution in [-0.2, 0) is 4.74 Å². The molecule has 1 saturated heterocycles. The van der Waals surface area contributed by atoms with Gasteiger partial charge in [0.2, 0.25) is 5.82 Å². The maximum Gasteiger partial charge on any atom is 0.258 e. The smallest absolute Gasteiger partial charge is 0.258 e. The van der Waals surface area contributed by atoms with Crippen molar-refractivity contribution in [1.82, 2.24) is 20.4 Å². The summed E-state index contributed by atoms with van der Waals surface area (Å²) >= 11 is 0. The summed E-state index contributed by atoms with van der Waals surface area (Å²) in [6.07, 6.45) is 6.65. The zero-order valence-electron chi connectivity index (χ0n) is 15.8. The fourth-order valence-corrected chi connectivity index (χ4v) is 3.12. The number of ether oxygens (including phenoxy) is 1. The van der Waals surface area contributed by atoms with E-state index >= 15 is 0 Å². The lowest BCUT2D eigenvalue weighted by Crippen LogP contribution is -2.31. The number of pyridine rings is 1. The highest BCUT2D eigenvalue weighted by Crippen LogP contribution is 2.27. The molecule has 0 radical (unpaired) electrons. The van der Waals surface area contributed by atoms with Gasteiger partial charge >= 0.3 is 0 Å². The second-order valence-electron chi connectivity index (χ2n) is 6.74. The van der Waals surface area contributed by atoms with Crippen molar-refractivity contribution in [2.45, 2.75) is 18.9 Å². The number of nitrogens with two attached hydrogens (primary N) is 1. The van der Waals surface area contributed by atoms with Gasteiger partial charge in [0.25, 0.3) is 5.89 Å². The zero-order valence-corrected chi connectivity index (χ0v) is 15.8. The lowest BCUT2D eigenvalue weighted by molar-refractivity contribution is 0.0812. The molecule has 1 aliphatic rings. The molecule has 0 unspecified atom stereocenters. The summed E-state index contributed by atoms with van der Waals surface area (Å²) in [5.41, 5.74) is 8.89. The van der Waals surface area contributed by atoms with Crippen molar-refractivity contribution < 1.29 is 9.26 Å². The maximum absolute atomic E-state index is 7.79. The van der Waals surface area contributed by atoms with E-state index < -0.39 is 0 Å². The van der Waals surface area contributed by atoms with E-state index in [4.69, 9.17) is 20.4 Å². The Balaban J connectivity index is 1.60. The van der Waals surface area contributed by atoms with Gasteiger partial charge in [-0.25, -0.2) is 4.98 Å². The number of nitrogens with one attached hydrogen (secondary N) is 2. The summed E-state index contributed by atoms with van der Waals surface area (Å²) in [4.78, 5) is 8.72. The van der Waals surface area contributed by atoms with Crippen molar-refractivity contribution in [1.29, 1.82) is 5.41 Å². The van der Waals surface area contributed by atoms with Gasteiger partial charge < -0.3 is 25.7 Å². The van der Waals surface area contributed by atoms with Crippen LogP contribution in [0.25, 0.3) is 28.4 Å². The summed E-state index contributed by atoms with van der Waals surface area (Å²) in [6, 6.07) is 11.7. The molecular weight excluding hydrogens is 368 g/mol. The number of aromatic nitrogens is 3. The van der Waals surface area contributed by atoms with Crippen LogP contribution in [0.4, 0.5) is 5.82 Å². The van der Waals surface area contributed by atoms with Crippen LogP contribution < -0.4 is 11.1 Å². The molecule has 3 heterocycles. The van der Waals surface area contributed by atoms with Crippen LogP contribution in [0.5, 0.6) is 0 Å². The molecule has 1 aromatic carbocycles. The third-order valence-corrected chi connectivity index (χ3v) is 4.79. The summed E-state index contributed by atoms with van der Waals surface area (Å²) in [5, 5.41) is 15.2. The van der Waals surface area contributed by atoms with Crippen LogP contribution in [0.3, 0.4) is 0 Å². The Labute approximate surface area is 168 Å². The highest BCUT2D eigenvalue weighted by atomic mass is 16.5. The maximum atomic E-state index is 7.79. The average Bonchev–Trinajstić information content (AvgIpc) is 3.26. The van der Waals surface area contributed by atoms with Gasteiger partial charge in [-0.3, -0.25) is 0 Å².